The first kappa shape index (κ1) is 13.3. The summed E-state index contributed by atoms with van der Waals surface area (Å²) >= 11 is 1.78. The minimum atomic E-state index is 0.656. The molecule has 0 unspecified atom stereocenters. The molecule has 0 aliphatic rings. The van der Waals surface area contributed by atoms with Gasteiger partial charge in [0.05, 0.1) is 0 Å². The topological polar surface area (TPSA) is 63.8 Å². The van der Waals surface area contributed by atoms with Crippen molar-refractivity contribution in [1.82, 2.24) is 9.97 Å². The molecule has 1 aromatic rings. The summed E-state index contributed by atoms with van der Waals surface area (Å²) in [6, 6.07) is 0. The number of hydrogen-bond donors (Lipinski definition) is 2. The van der Waals surface area contributed by atoms with Crippen molar-refractivity contribution >= 4 is 17.6 Å². The van der Waals surface area contributed by atoms with Crippen molar-refractivity contribution in [1.29, 1.82) is 0 Å². The number of nitrogen functional groups attached to an aromatic ring is 1. The van der Waals surface area contributed by atoms with Crippen molar-refractivity contribution in [2.75, 3.05) is 11.2 Å². The van der Waals surface area contributed by atoms with E-state index >= 15 is 0 Å². The van der Waals surface area contributed by atoms with Gasteiger partial charge in [-0.15, -0.1) is 11.8 Å². The largest absolute Gasteiger partial charge is 0.308 e. The van der Waals surface area contributed by atoms with E-state index in [2.05, 4.69) is 36.2 Å². The molecule has 0 saturated carbocycles. The minimum absolute atomic E-state index is 0.656. The average molecular weight is 240 g/mol. The van der Waals surface area contributed by atoms with Gasteiger partial charge < -0.3 is 5.43 Å². The molecule has 1 rings (SSSR count). The molecule has 5 heteroatoms. The van der Waals surface area contributed by atoms with Crippen molar-refractivity contribution in [2.45, 2.75) is 38.6 Å². The van der Waals surface area contributed by atoms with Gasteiger partial charge in [0.2, 0.25) is 0 Å². The van der Waals surface area contributed by atoms with Gasteiger partial charge in [0.1, 0.15) is 17.2 Å². The first-order chi connectivity index (χ1) is 7.69. The molecule has 0 bridgehead atoms. The molecule has 0 radical (unpaired) electrons. The van der Waals surface area contributed by atoms with Crippen LogP contribution in [0.15, 0.2) is 11.4 Å². The lowest BCUT2D eigenvalue weighted by atomic mass is 10.2. The minimum Gasteiger partial charge on any atom is -0.308 e. The number of nitrogens with one attached hydrogen (secondary N) is 1. The van der Waals surface area contributed by atoms with Crippen LogP contribution in [-0.2, 0) is 6.42 Å². The Labute approximate surface area is 101 Å². The van der Waals surface area contributed by atoms with Crippen LogP contribution in [0.1, 0.15) is 32.8 Å². The number of hydrogen-bond acceptors (Lipinski definition) is 5. The lowest BCUT2D eigenvalue weighted by molar-refractivity contribution is 0.748. The molecule has 90 valence electrons. The maximum atomic E-state index is 5.46. The third-order valence-corrected chi connectivity index (χ3v) is 3.55. The van der Waals surface area contributed by atoms with Crippen LogP contribution in [0.25, 0.3) is 0 Å². The highest BCUT2D eigenvalue weighted by atomic mass is 32.2. The van der Waals surface area contributed by atoms with Crippen LogP contribution in [0.3, 0.4) is 0 Å². The Bertz CT molecular complexity index is 328. The van der Waals surface area contributed by atoms with E-state index in [0.29, 0.717) is 5.92 Å². The molecule has 0 atom stereocenters. The Morgan fingerprint density at radius 3 is 2.75 bits per heavy atom. The van der Waals surface area contributed by atoms with Gasteiger partial charge in [0, 0.05) is 11.3 Å². The van der Waals surface area contributed by atoms with Gasteiger partial charge in [-0.1, -0.05) is 27.2 Å². The lowest BCUT2D eigenvalue weighted by Crippen LogP contribution is -2.12. The zero-order valence-corrected chi connectivity index (χ0v) is 11.0. The predicted octanol–water partition coefficient (Wildman–Crippen LogP) is 2.46. The van der Waals surface area contributed by atoms with E-state index < -0.39 is 0 Å². The van der Waals surface area contributed by atoms with E-state index in [1.807, 2.05) is 0 Å². The van der Waals surface area contributed by atoms with Gasteiger partial charge in [0.25, 0.3) is 0 Å². The summed E-state index contributed by atoms with van der Waals surface area (Å²) in [5.74, 6) is 7.93. The van der Waals surface area contributed by atoms with Crippen LogP contribution in [0, 0.1) is 5.92 Å². The number of nitrogens with two attached hydrogens (primary N) is 1. The fourth-order valence-corrected chi connectivity index (χ4v) is 2.35. The third kappa shape index (κ3) is 3.64. The molecule has 0 fully saturated rings. The summed E-state index contributed by atoms with van der Waals surface area (Å²) in [7, 11) is 0. The highest BCUT2D eigenvalue weighted by Gasteiger charge is 2.10. The second-order valence-electron chi connectivity index (χ2n) is 4.11. The van der Waals surface area contributed by atoms with Crippen molar-refractivity contribution in [2.24, 2.45) is 11.8 Å². The van der Waals surface area contributed by atoms with Gasteiger partial charge in [0.15, 0.2) is 0 Å². The fourth-order valence-electron chi connectivity index (χ4n) is 1.37. The number of anilines is 1. The van der Waals surface area contributed by atoms with Crippen molar-refractivity contribution in [3.63, 3.8) is 0 Å². The summed E-state index contributed by atoms with van der Waals surface area (Å²) in [4.78, 5) is 8.48. The molecule has 16 heavy (non-hydrogen) atoms. The maximum absolute atomic E-state index is 5.46. The average Bonchev–Trinajstić information content (AvgIpc) is 2.27. The molecule has 0 amide bonds. The molecule has 4 nitrogen and oxygen atoms in total. The number of rotatable bonds is 6. The molecule has 3 N–H and O–H groups in total. The Balaban J connectivity index is 2.88. The second-order valence-corrected chi connectivity index (χ2v) is 5.11. The van der Waals surface area contributed by atoms with Gasteiger partial charge in [-0.05, 0) is 12.3 Å². The zero-order chi connectivity index (χ0) is 12.0. The van der Waals surface area contributed by atoms with Gasteiger partial charge in [-0.2, -0.15) is 0 Å². The van der Waals surface area contributed by atoms with Crippen LogP contribution < -0.4 is 11.3 Å². The first-order valence-electron chi connectivity index (χ1n) is 5.62. The van der Waals surface area contributed by atoms with E-state index in [-0.39, 0.29) is 0 Å². The SMILES string of the molecule is CCCc1c(NN)ncnc1SCC(C)C. The normalized spacial score (nSPS) is 10.8. The van der Waals surface area contributed by atoms with Crippen molar-refractivity contribution < 1.29 is 0 Å². The van der Waals surface area contributed by atoms with Crippen LogP contribution in [0.2, 0.25) is 0 Å². The molecular formula is C11H20N4S. The first-order valence-corrected chi connectivity index (χ1v) is 6.60. The smallest absolute Gasteiger partial charge is 0.147 e. The monoisotopic (exact) mass is 240 g/mol. The van der Waals surface area contributed by atoms with Crippen LogP contribution >= 0.6 is 11.8 Å². The molecule has 1 aromatic heterocycles. The van der Waals surface area contributed by atoms with Crippen LogP contribution in [-0.4, -0.2) is 15.7 Å². The highest BCUT2D eigenvalue weighted by molar-refractivity contribution is 7.99. The molecule has 0 spiro atoms. The summed E-state index contributed by atoms with van der Waals surface area (Å²) < 4.78 is 0. The van der Waals surface area contributed by atoms with E-state index in [9.17, 15) is 0 Å². The number of nitrogens with zero attached hydrogens (tertiary/aromatic N) is 2. The summed E-state index contributed by atoms with van der Waals surface area (Å²) in [5.41, 5.74) is 3.78. The molecule has 1 heterocycles. The van der Waals surface area contributed by atoms with Crippen molar-refractivity contribution in [3.8, 4) is 0 Å². The second kappa shape index (κ2) is 6.70. The lowest BCUT2D eigenvalue weighted by Gasteiger charge is -2.12. The Hall–Kier alpha value is -0.810. The zero-order valence-electron chi connectivity index (χ0n) is 10.2. The molecule has 0 aromatic carbocycles. The highest BCUT2D eigenvalue weighted by Crippen LogP contribution is 2.26. The quantitative estimate of drug-likeness (QED) is 0.346. The summed E-state index contributed by atoms with van der Waals surface area (Å²) in [6.07, 6.45) is 3.59. The van der Waals surface area contributed by atoms with E-state index in [4.69, 9.17) is 5.84 Å². The fraction of sp³-hybridized carbons (Fsp3) is 0.636. The van der Waals surface area contributed by atoms with Gasteiger partial charge >= 0.3 is 0 Å². The Morgan fingerprint density at radius 2 is 2.19 bits per heavy atom. The molecule has 0 aliphatic carbocycles. The van der Waals surface area contributed by atoms with E-state index in [1.54, 1.807) is 18.1 Å². The molecular weight excluding hydrogens is 220 g/mol. The number of hydrazine groups is 1. The van der Waals surface area contributed by atoms with Crippen LogP contribution in [0.4, 0.5) is 5.82 Å². The molecule has 0 saturated heterocycles. The standard InChI is InChI=1S/C11H20N4S/c1-4-5-9-10(15-12)13-7-14-11(9)16-6-8(2)3/h7-8H,4-6,12H2,1-3H3,(H,13,14,15). The molecule has 0 aliphatic heterocycles. The van der Waals surface area contributed by atoms with Gasteiger partial charge in [-0.3, -0.25) is 0 Å². The van der Waals surface area contributed by atoms with Gasteiger partial charge in [-0.25, -0.2) is 15.8 Å². The van der Waals surface area contributed by atoms with Crippen LogP contribution in [0.5, 0.6) is 0 Å². The number of thioether (sulfide) groups is 1. The van der Waals surface area contributed by atoms with Crippen molar-refractivity contribution in [3.05, 3.63) is 11.9 Å². The maximum Gasteiger partial charge on any atom is 0.147 e. The summed E-state index contributed by atoms with van der Waals surface area (Å²) in [5, 5.41) is 1.05. The predicted molar refractivity (Wildman–Crippen MR) is 69.4 cm³/mol. The Morgan fingerprint density at radius 1 is 1.44 bits per heavy atom. The number of aromatic nitrogens is 2. The third-order valence-electron chi connectivity index (χ3n) is 2.10. The Kier molecular flexibility index (Phi) is 5.55. The summed E-state index contributed by atoms with van der Waals surface area (Å²) in [6.45, 7) is 6.55. The van der Waals surface area contributed by atoms with E-state index in [0.717, 1.165) is 35.0 Å². The van der Waals surface area contributed by atoms with E-state index in [1.165, 1.54) is 0 Å².